The minimum absolute atomic E-state index is 0.0584. The molecule has 6 heterocycles. The van der Waals surface area contributed by atoms with Crippen molar-refractivity contribution in [2.75, 3.05) is 0 Å². The third-order valence-corrected chi connectivity index (χ3v) is 49.5. The molecule has 0 spiro atoms. The van der Waals surface area contributed by atoms with Crippen LogP contribution in [0.3, 0.4) is 0 Å². The molecule has 0 unspecified atom stereocenters. The standard InChI is InChI=1S/C35H69N3O12Si8/c1-27(2)20-51-39-52(21-28(3)4)42-55(24-31(9)10)44-53(40-51,22-29(5)6)46-57(26-33(13)14)47-54(41-51,23-30(7)8)45-56(43-52,25-32(11)12)49-58(48-55,50-57)35-17-15-34(16-18-35)19-37-38-36/h15-18,27-33H,19-26H2,1-14H3. The van der Waals surface area contributed by atoms with Crippen molar-refractivity contribution in [1.82, 2.24) is 0 Å². The third-order valence-electron chi connectivity index (χ3n) is 9.90. The maximum absolute atomic E-state index is 9.11. The average molecular weight is 949 g/mol. The van der Waals surface area contributed by atoms with Crippen LogP contribution in [0.15, 0.2) is 29.4 Å². The predicted molar refractivity (Wildman–Crippen MR) is 235 cm³/mol. The molecule has 58 heavy (non-hydrogen) atoms. The van der Waals surface area contributed by atoms with Crippen LogP contribution in [0.1, 0.15) is 102 Å². The van der Waals surface area contributed by atoms with Crippen molar-refractivity contribution in [1.29, 1.82) is 0 Å². The van der Waals surface area contributed by atoms with Crippen molar-refractivity contribution in [3.63, 3.8) is 0 Å². The molecule has 0 aliphatic carbocycles. The second-order valence-corrected chi connectivity index (χ2v) is 43.7. The highest BCUT2D eigenvalue weighted by Crippen LogP contribution is 2.55. The lowest BCUT2D eigenvalue weighted by atomic mass is 10.2. The minimum atomic E-state index is -4.32. The first kappa shape index (κ1) is 47.3. The van der Waals surface area contributed by atoms with Crippen molar-refractivity contribution in [3.05, 3.63) is 40.3 Å². The van der Waals surface area contributed by atoms with Gasteiger partial charge in [-0.15, -0.1) is 0 Å². The molecule has 8 bridgehead atoms. The zero-order chi connectivity index (χ0) is 42.6. The van der Waals surface area contributed by atoms with Crippen molar-refractivity contribution >= 4 is 75.6 Å². The van der Waals surface area contributed by atoms with Gasteiger partial charge in [-0.25, -0.2) is 0 Å². The van der Waals surface area contributed by atoms with E-state index in [0.717, 1.165) is 5.56 Å². The van der Waals surface area contributed by atoms with Crippen molar-refractivity contribution < 1.29 is 49.4 Å². The summed E-state index contributed by atoms with van der Waals surface area (Å²) in [4.78, 5) is 2.98. The summed E-state index contributed by atoms with van der Waals surface area (Å²) in [6.45, 7) is 30.2. The summed E-state index contributed by atoms with van der Waals surface area (Å²) < 4.78 is 93.8. The Morgan fingerprint density at radius 3 is 0.828 bits per heavy atom. The summed E-state index contributed by atoms with van der Waals surface area (Å²) in [5.41, 5.74) is 9.93. The third kappa shape index (κ3) is 10.4. The number of rotatable bonds is 17. The predicted octanol–water partition coefficient (Wildman–Crippen LogP) is 9.07. The fourth-order valence-electron chi connectivity index (χ4n) is 8.73. The highest BCUT2D eigenvalue weighted by molar-refractivity contribution is 7.05. The number of azide groups is 1. The van der Waals surface area contributed by atoms with Crippen LogP contribution in [-0.2, 0) is 55.9 Å². The quantitative estimate of drug-likeness (QED) is 0.0632. The first-order valence-corrected chi connectivity index (χ1v) is 36.7. The summed E-state index contributed by atoms with van der Waals surface area (Å²) >= 11 is 0. The van der Waals surface area contributed by atoms with E-state index in [1.807, 2.05) is 24.3 Å². The molecule has 6 aliphatic rings. The van der Waals surface area contributed by atoms with Crippen LogP contribution >= 0.6 is 0 Å². The molecule has 328 valence electrons. The SMILES string of the molecule is CC(C)C[Si]12O[Si]3(CC(C)C)O[Si]4(CC(C)C)O[Si](CC(C)C)(O1)O[Si]1(CC(C)C)O[Si](CC(C)C)(O2)O[Si](CC(C)C)(O3)O[Si](c2ccc(CN=[N+]=[N-])cc2)(O4)O1. The summed E-state index contributed by atoms with van der Waals surface area (Å²) in [6.07, 6.45) is 0. The maximum atomic E-state index is 9.11. The monoisotopic (exact) mass is 947 g/mol. The van der Waals surface area contributed by atoms with Crippen LogP contribution < -0.4 is 5.19 Å². The van der Waals surface area contributed by atoms with Gasteiger partial charge in [0, 0.05) is 52.4 Å². The van der Waals surface area contributed by atoms with E-state index in [0.29, 0.717) is 47.5 Å². The van der Waals surface area contributed by atoms with E-state index >= 15 is 0 Å². The summed E-state index contributed by atoms with van der Waals surface area (Å²) in [7, 11) is -32.4. The van der Waals surface area contributed by atoms with Gasteiger partial charge < -0.3 is 49.4 Å². The molecule has 0 N–H and O–H groups in total. The van der Waals surface area contributed by atoms with Gasteiger partial charge in [-0.3, -0.25) is 0 Å². The molecular weight excluding hydrogens is 879 g/mol. The first-order valence-electron chi connectivity index (χ1n) is 21.5. The van der Waals surface area contributed by atoms with Gasteiger partial charge in [0.15, 0.2) is 0 Å². The molecule has 0 aromatic heterocycles. The van der Waals surface area contributed by atoms with Crippen LogP contribution in [0.4, 0.5) is 0 Å². The van der Waals surface area contributed by atoms with E-state index in [1.54, 1.807) is 0 Å². The topological polar surface area (TPSA) is 160 Å². The Morgan fingerprint density at radius 2 is 0.621 bits per heavy atom. The first-order chi connectivity index (χ1) is 26.9. The Labute approximate surface area is 355 Å². The molecule has 0 atom stereocenters. The summed E-state index contributed by atoms with van der Waals surface area (Å²) in [5.74, 6) is 0.539. The van der Waals surface area contributed by atoms with Crippen molar-refractivity contribution in [3.8, 4) is 0 Å². The van der Waals surface area contributed by atoms with Gasteiger partial charge in [0.05, 0.1) is 6.54 Å². The van der Waals surface area contributed by atoms with Gasteiger partial charge in [-0.2, -0.15) is 0 Å². The highest BCUT2D eigenvalue weighted by atomic mass is 28.6. The van der Waals surface area contributed by atoms with Crippen LogP contribution in [0.5, 0.6) is 0 Å². The van der Waals surface area contributed by atoms with Crippen molar-refractivity contribution in [2.45, 2.75) is 146 Å². The lowest BCUT2D eigenvalue weighted by Gasteiger charge is -2.64. The number of hydrogen-bond acceptors (Lipinski definition) is 13. The maximum Gasteiger partial charge on any atom is 0.515 e. The smallest absolute Gasteiger partial charge is 0.373 e. The molecule has 0 saturated carbocycles. The molecule has 1 aromatic rings. The number of hydrogen-bond donors (Lipinski definition) is 0. The van der Waals surface area contributed by atoms with Crippen LogP contribution in [-0.4, -0.2) is 70.4 Å². The van der Waals surface area contributed by atoms with E-state index in [-0.39, 0.29) is 48.0 Å². The van der Waals surface area contributed by atoms with Crippen molar-refractivity contribution in [2.24, 2.45) is 46.5 Å². The average Bonchev–Trinajstić information content (AvgIpc) is 2.97. The fraction of sp³-hybridized carbons (Fsp3) is 0.829. The molecule has 1 aromatic carbocycles. The van der Waals surface area contributed by atoms with Gasteiger partial charge in [-0.05, 0) is 52.5 Å². The van der Waals surface area contributed by atoms with Crippen LogP contribution in [0.25, 0.3) is 10.4 Å². The Bertz CT molecular complexity index is 1500. The van der Waals surface area contributed by atoms with Crippen LogP contribution in [0, 0.1) is 41.4 Å². The van der Waals surface area contributed by atoms with Gasteiger partial charge >= 0.3 is 70.4 Å². The largest absolute Gasteiger partial charge is 0.515 e. The second-order valence-electron chi connectivity index (χ2n) is 19.8. The van der Waals surface area contributed by atoms with E-state index in [4.69, 9.17) is 54.9 Å². The molecule has 6 fully saturated rings. The van der Waals surface area contributed by atoms with E-state index in [9.17, 15) is 0 Å². The molecule has 7 rings (SSSR count). The second kappa shape index (κ2) is 17.4. The van der Waals surface area contributed by atoms with Crippen LogP contribution in [0.2, 0.25) is 42.3 Å². The number of benzene rings is 1. The zero-order valence-electron chi connectivity index (χ0n) is 37.2. The molecule has 15 nitrogen and oxygen atoms in total. The molecule has 23 heteroatoms. The molecule has 0 amide bonds. The summed E-state index contributed by atoms with van der Waals surface area (Å²) in [6, 6.07) is 10.7. The van der Waals surface area contributed by atoms with E-state index in [2.05, 4.69) is 107 Å². The Hall–Kier alpha value is -0.215. The van der Waals surface area contributed by atoms with Gasteiger partial charge in [0.2, 0.25) is 0 Å². The van der Waals surface area contributed by atoms with Gasteiger partial charge in [0.1, 0.15) is 0 Å². The minimum Gasteiger partial charge on any atom is -0.373 e. The molecule has 6 saturated heterocycles. The molecular formula is C35H69N3O12Si8. The lowest BCUT2D eigenvalue weighted by molar-refractivity contribution is -0.0309. The number of nitrogens with zero attached hydrogens (tertiary/aromatic N) is 3. The zero-order valence-corrected chi connectivity index (χ0v) is 45.2. The lowest BCUT2D eigenvalue weighted by Crippen LogP contribution is -2.90. The Balaban J connectivity index is 1.78. The highest BCUT2D eigenvalue weighted by Gasteiger charge is 2.83. The summed E-state index contributed by atoms with van der Waals surface area (Å²) in [5, 5.41) is 4.48. The molecule has 6 aliphatic heterocycles. The van der Waals surface area contributed by atoms with E-state index in [1.165, 1.54) is 0 Å². The van der Waals surface area contributed by atoms with Gasteiger partial charge in [0.25, 0.3) is 0 Å². The molecule has 0 radical (unpaired) electrons. The van der Waals surface area contributed by atoms with Gasteiger partial charge in [-0.1, -0.05) is 126 Å². The Morgan fingerprint density at radius 1 is 0.397 bits per heavy atom. The van der Waals surface area contributed by atoms with E-state index < -0.39 is 70.4 Å². The Kier molecular flexibility index (Phi) is 14.2. The normalized spacial score (nSPS) is 38.5. The fourth-order valence-corrected chi connectivity index (χ4v) is 59.7.